The molecule has 26 heavy (non-hydrogen) atoms. The highest BCUT2D eigenvalue weighted by Crippen LogP contribution is 2.15. The van der Waals surface area contributed by atoms with Gasteiger partial charge in [-0.25, -0.2) is 4.98 Å². The molecule has 138 valence electrons. The fraction of sp³-hybridized carbons (Fsp3) is 0.368. The topological polar surface area (TPSA) is 50.4 Å². The predicted octanol–water partition coefficient (Wildman–Crippen LogP) is 3.04. The second-order valence-corrected chi connectivity index (χ2v) is 6.83. The first kappa shape index (κ1) is 18.3. The molecule has 3 aromatic rings. The molecule has 0 aliphatic carbocycles. The van der Waals surface area contributed by atoms with E-state index in [0.717, 1.165) is 53.2 Å². The lowest BCUT2D eigenvalue weighted by Gasteiger charge is -2.22. The molecule has 1 N–H and O–H groups in total. The largest absolute Gasteiger partial charge is 0.354 e. The predicted molar refractivity (Wildman–Crippen MR) is 108 cm³/mol. The van der Waals surface area contributed by atoms with Gasteiger partial charge in [-0.05, 0) is 25.1 Å². The minimum absolute atomic E-state index is 0.732. The molecule has 2 heterocycles. The molecule has 0 saturated carbocycles. The number of guanidine groups is 1. The summed E-state index contributed by atoms with van der Waals surface area (Å²) in [5.74, 6) is 1.87. The van der Waals surface area contributed by atoms with Gasteiger partial charge < -0.3 is 19.4 Å². The van der Waals surface area contributed by atoms with Crippen LogP contribution in [0.25, 0.3) is 11.0 Å². The van der Waals surface area contributed by atoms with Crippen LogP contribution in [0.1, 0.15) is 11.5 Å². The normalized spacial score (nSPS) is 12.0. The molecule has 7 heteroatoms. The number of para-hydroxylation sites is 2. The molecule has 0 spiro atoms. The van der Waals surface area contributed by atoms with Crippen LogP contribution in [0.2, 0.25) is 5.02 Å². The van der Waals surface area contributed by atoms with Crippen molar-refractivity contribution < 1.29 is 0 Å². The number of aryl methyl sites for hydroxylation is 2. The molecule has 0 aliphatic heterocycles. The molecule has 0 unspecified atom stereocenters. The minimum atomic E-state index is 0.732. The molecular weight excluding hydrogens is 348 g/mol. The highest BCUT2D eigenvalue weighted by atomic mass is 35.5. The number of benzene rings is 1. The molecule has 0 atom stereocenters. The van der Waals surface area contributed by atoms with Crippen molar-refractivity contribution >= 4 is 28.6 Å². The SMILES string of the molecule is CN=C(NCCn1c(C)nc2ccccc21)N(C)Cc1cc(Cl)cn1C. The second kappa shape index (κ2) is 7.83. The Labute approximate surface area is 159 Å². The van der Waals surface area contributed by atoms with Crippen molar-refractivity contribution in [3.63, 3.8) is 0 Å². The van der Waals surface area contributed by atoms with Gasteiger partial charge in [0, 0.05) is 46.1 Å². The Morgan fingerprint density at radius 2 is 2.12 bits per heavy atom. The first-order chi connectivity index (χ1) is 12.5. The number of aliphatic imine (C=N–C) groups is 1. The third kappa shape index (κ3) is 3.85. The van der Waals surface area contributed by atoms with E-state index >= 15 is 0 Å². The quantitative estimate of drug-likeness (QED) is 0.553. The molecule has 3 rings (SSSR count). The molecule has 0 fully saturated rings. The molecule has 0 amide bonds. The van der Waals surface area contributed by atoms with Gasteiger partial charge in [0.1, 0.15) is 5.82 Å². The van der Waals surface area contributed by atoms with E-state index in [-0.39, 0.29) is 0 Å². The number of aromatic nitrogens is 3. The number of rotatable bonds is 5. The maximum absolute atomic E-state index is 6.07. The molecule has 0 saturated heterocycles. The Balaban J connectivity index is 1.62. The van der Waals surface area contributed by atoms with Crippen molar-refractivity contribution in [3.8, 4) is 0 Å². The van der Waals surface area contributed by atoms with Gasteiger partial charge in [0.2, 0.25) is 0 Å². The summed E-state index contributed by atoms with van der Waals surface area (Å²) in [6.07, 6.45) is 1.91. The van der Waals surface area contributed by atoms with Crippen molar-refractivity contribution in [2.75, 3.05) is 20.6 Å². The summed E-state index contributed by atoms with van der Waals surface area (Å²) in [5.41, 5.74) is 3.33. The van der Waals surface area contributed by atoms with Crippen LogP contribution < -0.4 is 5.32 Å². The molecule has 6 nitrogen and oxygen atoms in total. The van der Waals surface area contributed by atoms with Crippen LogP contribution in [-0.4, -0.2) is 45.6 Å². The summed E-state index contributed by atoms with van der Waals surface area (Å²) in [7, 11) is 5.82. The van der Waals surface area contributed by atoms with E-state index in [0.29, 0.717) is 0 Å². The van der Waals surface area contributed by atoms with Gasteiger partial charge in [0.15, 0.2) is 5.96 Å². The van der Waals surface area contributed by atoms with Crippen LogP contribution in [0.5, 0.6) is 0 Å². The van der Waals surface area contributed by atoms with Crippen LogP contribution in [-0.2, 0) is 20.1 Å². The smallest absolute Gasteiger partial charge is 0.193 e. The van der Waals surface area contributed by atoms with Crippen LogP contribution in [0.15, 0.2) is 41.5 Å². The summed E-state index contributed by atoms with van der Waals surface area (Å²) < 4.78 is 4.26. The number of hydrogen-bond donors (Lipinski definition) is 1. The van der Waals surface area contributed by atoms with Crippen molar-refractivity contribution in [1.29, 1.82) is 0 Å². The third-order valence-electron chi connectivity index (χ3n) is 4.51. The van der Waals surface area contributed by atoms with E-state index < -0.39 is 0 Å². The lowest BCUT2D eigenvalue weighted by atomic mass is 10.3. The molecule has 0 radical (unpaired) electrons. The maximum atomic E-state index is 6.07. The average molecular weight is 373 g/mol. The van der Waals surface area contributed by atoms with Crippen molar-refractivity contribution in [2.24, 2.45) is 12.0 Å². The fourth-order valence-corrected chi connectivity index (χ4v) is 3.46. The average Bonchev–Trinajstić information content (AvgIpc) is 3.09. The Morgan fingerprint density at radius 1 is 1.35 bits per heavy atom. The van der Waals surface area contributed by atoms with E-state index in [4.69, 9.17) is 11.6 Å². The number of nitrogens with one attached hydrogen (secondary N) is 1. The molecule has 1 aromatic carbocycles. The monoisotopic (exact) mass is 372 g/mol. The Kier molecular flexibility index (Phi) is 5.52. The maximum Gasteiger partial charge on any atom is 0.193 e. The van der Waals surface area contributed by atoms with Crippen LogP contribution >= 0.6 is 11.6 Å². The summed E-state index contributed by atoms with van der Waals surface area (Å²) >= 11 is 6.07. The summed E-state index contributed by atoms with van der Waals surface area (Å²) in [4.78, 5) is 11.1. The van der Waals surface area contributed by atoms with E-state index in [2.05, 4.69) is 30.8 Å². The van der Waals surface area contributed by atoms with Gasteiger partial charge in [-0.3, -0.25) is 4.99 Å². The molecule has 2 aromatic heterocycles. The van der Waals surface area contributed by atoms with E-state index in [1.807, 2.05) is 56.0 Å². The lowest BCUT2D eigenvalue weighted by molar-refractivity contribution is 0.459. The highest BCUT2D eigenvalue weighted by molar-refractivity contribution is 6.30. The summed E-state index contributed by atoms with van der Waals surface area (Å²) in [6, 6.07) is 10.2. The molecule has 0 bridgehead atoms. The number of hydrogen-bond acceptors (Lipinski definition) is 2. The second-order valence-electron chi connectivity index (χ2n) is 6.39. The van der Waals surface area contributed by atoms with Crippen LogP contribution in [0.3, 0.4) is 0 Å². The fourth-order valence-electron chi connectivity index (χ4n) is 3.18. The lowest BCUT2D eigenvalue weighted by Crippen LogP contribution is -2.40. The Hall–Kier alpha value is -2.47. The van der Waals surface area contributed by atoms with Crippen molar-refractivity contribution in [1.82, 2.24) is 24.3 Å². The number of halogens is 1. The zero-order valence-electron chi connectivity index (χ0n) is 15.7. The zero-order valence-corrected chi connectivity index (χ0v) is 16.5. The van der Waals surface area contributed by atoms with Crippen LogP contribution in [0, 0.1) is 6.92 Å². The summed E-state index contributed by atoms with van der Waals surface area (Å²) in [6.45, 7) is 4.37. The Morgan fingerprint density at radius 3 is 2.81 bits per heavy atom. The zero-order chi connectivity index (χ0) is 18.7. The van der Waals surface area contributed by atoms with Gasteiger partial charge in [-0.2, -0.15) is 0 Å². The van der Waals surface area contributed by atoms with Gasteiger partial charge >= 0.3 is 0 Å². The number of fused-ring (bicyclic) bond motifs is 1. The van der Waals surface area contributed by atoms with E-state index in [9.17, 15) is 0 Å². The first-order valence-corrected chi connectivity index (χ1v) is 9.01. The molecule has 0 aliphatic rings. The highest BCUT2D eigenvalue weighted by Gasteiger charge is 2.11. The minimum Gasteiger partial charge on any atom is -0.354 e. The van der Waals surface area contributed by atoms with Gasteiger partial charge in [0.05, 0.1) is 22.6 Å². The number of imidazole rings is 1. The van der Waals surface area contributed by atoms with E-state index in [1.54, 1.807) is 7.05 Å². The number of nitrogens with zero attached hydrogens (tertiary/aromatic N) is 5. The first-order valence-electron chi connectivity index (χ1n) is 8.64. The van der Waals surface area contributed by atoms with Crippen molar-refractivity contribution in [3.05, 3.63) is 53.1 Å². The van der Waals surface area contributed by atoms with Gasteiger partial charge in [-0.15, -0.1) is 0 Å². The third-order valence-corrected chi connectivity index (χ3v) is 4.72. The van der Waals surface area contributed by atoms with Crippen LogP contribution in [0.4, 0.5) is 0 Å². The van der Waals surface area contributed by atoms with E-state index in [1.165, 1.54) is 0 Å². The summed E-state index contributed by atoms with van der Waals surface area (Å²) in [5, 5.41) is 4.18. The standard InChI is InChI=1S/C19H25ClN6/c1-14-23-17-7-5-6-8-18(17)26(14)10-9-22-19(21-2)25(4)13-16-11-15(20)12-24(16)3/h5-8,11-12H,9-10,13H2,1-4H3,(H,21,22). The van der Waals surface area contributed by atoms with Gasteiger partial charge in [-0.1, -0.05) is 23.7 Å². The Bertz CT molecular complexity index is 923. The molecular formula is C19H25ClN6. The van der Waals surface area contributed by atoms with Gasteiger partial charge in [0.25, 0.3) is 0 Å². The van der Waals surface area contributed by atoms with Crippen molar-refractivity contribution in [2.45, 2.75) is 20.0 Å².